The molecular weight excluding hydrogens is 663 g/mol. The molecule has 4 atom stereocenters. The van der Waals surface area contributed by atoms with E-state index in [0.29, 0.717) is 44.3 Å². The molecule has 0 bridgehead atoms. The Morgan fingerprint density at radius 1 is 1.18 bits per heavy atom. The molecule has 272 valence electrons. The van der Waals surface area contributed by atoms with Crippen LogP contribution in [-0.2, 0) is 26.9 Å². The number of carbonyl (C=O) groups excluding carboxylic acids is 1. The second-order valence-electron chi connectivity index (χ2n) is 13.9. The van der Waals surface area contributed by atoms with Crippen molar-refractivity contribution in [2.75, 3.05) is 71.5 Å². The first-order chi connectivity index (χ1) is 23.5. The van der Waals surface area contributed by atoms with Gasteiger partial charge in [-0.25, -0.2) is 13.3 Å². The normalized spacial score (nSPS) is 19.3. The Morgan fingerprint density at radius 3 is 2.63 bits per heavy atom. The number of anilines is 1. The lowest BCUT2D eigenvalue weighted by molar-refractivity contribution is -0.115. The number of carbonyl (C=O) groups is 1. The molecule has 49 heavy (non-hydrogen) atoms. The van der Waals surface area contributed by atoms with E-state index in [1.54, 1.807) is 7.05 Å². The lowest BCUT2D eigenvalue weighted by Gasteiger charge is -2.35. The summed E-state index contributed by atoms with van der Waals surface area (Å²) in [6.07, 6.45) is 8.04. The van der Waals surface area contributed by atoms with Gasteiger partial charge >= 0.3 is 0 Å². The molecule has 4 unspecified atom stereocenters. The predicted molar refractivity (Wildman–Crippen MR) is 199 cm³/mol. The van der Waals surface area contributed by atoms with E-state index >= 15 is 0 Å². The number of alkyl halides is 1. The van der Waals surface area contributed by atoms with Crippen LogP contribution in [0.1, 0.15) is 64.0 Å². The van der Waals surface area contributed by atoms with Crippen LogP contribution in [-0.4, -0.2) is 105 Å². The molecule has 4 rings (SSSR count). The molecule has 2 aliphatic rings. The third kappa shape index (κ3) is 10.8. The van der Waals surface area contributed by atoms with Crippen molar-refractivity contribution in [1.82, 2.24) is 14.5 Å². The highest BCUT2D eigenvalue weighted by Gasteiger charge is 2.30. The van der Waals surface area contributed by atoms with Crippen LogP contribution in [0.25, 0.3) is 0 Å². The molecule has 2 heterocycles. The maximum atomic E-state index is 13.5. The van der Waals surface area contributed by atoms with Crippen LogP contribution in [0.2, 0.25) is 5.02 Å². The molecule has 1 saturated heterocycles. The summed E-state index contributed by atoms with van der Waals surface area (Å²) in [7, 11) is 2.30. The summed E-state index contributed by atoms with van der Waals surface area (Å²) in [4.78, 5) is 18.8. The highest BCUT2D eigenvalue weighted by atomic mass is 35.5. The number of nitrogens with one attached hydrogen (secondary N) is 1. The number of halogens is 2. The fourth-order valence-corrected chi connectivity index (χ4v) is 7.36. The van der Waals surface area contributed by atoms with Crippen molar-refractivity contribution in [3.63, 3.8) is 0 Å². The molecular formula is C38H56ClFN4O4S. The van der Waals surface area contributed by atoms with Crippen molar-refractivity contribution in [1.29, 1.82) is 0 Å². The van der Waals surface area contributed by atoms with Gasteiger partial charge in [-0.05, 0) is 88.2 Å². The molecule has 0 aliphatic carbocycles. The summed E-state index contributed by atoms with van der Waals surface area (Å²) in [5, 5.41) is 0.741. The molecule has 1 N–H and O–H groups in total. The Morgan fingerprint density at radius 2 is 1.96 bits per heavy atom. The van der Waals surface area contributed by atoms with Gasteiger partial charge in [0.1, 0.15) is 29.2 Å². The van der Waals surface area contributed by atoms with Crippen LogP contribution in [0, 0.1) is 5.92 Å². The number of rotatable bonds is 19. The largest absolute Gasteiger partial charge is 0.491 e. The maximum absolute atomic E-state index is 13.5. The minimum atomic E-state index is -1.33. The van der Waals surface area contributed by atoms with E-state index < -0.39 is 22.7 Å². The van der Waals surface area contributed by atoms with Crippen molar-refractivity contribution < 1.29 is 22.9 Å². The van der Waals surface area contributed by atoms with Gasteiger partial charge in [-0.15, -0.1) is 0 Å². The second kappa shape index (κ2) is 18.8. The van der Waals surface area contributed by atoms with Gasteiger partial charge in [0.05, 0.1) is 35.4 Å². The number of ether oxygens (including phenoxy) is 2. The fraction of sp³-hybridized carbons (Fsp3) is 0.605. The smallest absolute Gasteiger partial charge is 0.142 e. The van der Waals surface area contributed by atoms with Gasteiger partial charge in [-0.3, -0.25) is 9.80 Å². The molecule has 0 saturated carbocycles. The molecule has 11 heteroatoms. The third-order valence-corrected chi connectivity index (χ3v) is 11.3. The van der Waals surface area contributed by atoms with Gasteiger partial charge in [0.2, 0.25) is 0 Å². The van der Waals surface area contributed by atoms with Gasteiger partial charge in [0.15, 0.2) is 0 Å². The van der Waals surface area contributed by atoms with Crippen molar-refractivity contribution in [2.24, 2.45) is 5.92 Å². The van der Waals surface area contributed by atoms with Crippen LogP contribution in [0.3, 0.4) is 0 Å². The van der Waals surface area contributed by atoms with Crippen LogP contribution < -0.4 is 14.4 Å². The van der Waals surface area contributed by atoms with Crippen LogP contribution >= 0.6 is 11.6 Å². The zero-order valence-electron chi connectivity index (χ0n) is 30.1. The van der Waals surface area contributed by atoms with Crippen molar-refractivity contribution in [3.05, 3.63) is 64.7 Å². The van der Waals surface area contributed by atoms with E-state index in [0.717, 1.165) is 61.5 Å². The zero-order chi connectivity index (χ0) is 35.6. The molecule has 0 spiro atoms. The minimum absolute atomic E-state index is 0.115. The SMILES string of the molecule is CCCc1cc(Cl)ccc1C1COc2ccc(S(=O)NC)cc2N(CCC(CC)C(/C=C/CN(C)C(C)(C)C=O)OCCN2CC(F)C2)C1. The summed E-state index contributed by atoms with van der Waals surface area (Å²) in [6.45, 7) is 13.0. The number of hydrogen-bond donors (Lipinski definition) is 1. The van der Waals surface area contributed by atoms with Crippen LogP contribution in [0.4, 0.5) is 10.1 Å². The Balaban J connectivity index is 1.59. The number of likely N-dealkylation sites (tertiary alicyclic amines) is 1. The maximum Gasteiger partial charge on any atom is 0.142 e. The summed E-state index contributed by atoms with van der Waals surface area (Å²) < 4.78 is 42.1. The zero-order valence-corrected chi connectivity index (χ0v) is 31.7. The number of aldehydes is 1. The number of aryl methyl sites for hydroxylation is 1. The minimum Gasteiger partial charge on any atom is -0.491 e. The van der Waals surface area contributed by atoms with Gasteiger partial charge in [0, 0.05) is 50.2 Å². The molecule has 0 radical (unpaired) electrons. The monoisotopic (exact) mass is 718 g/mol. The summed E-state index contributed by atoms with van der Waals surface area (Å²) in [5.41, 5.74) is 2.87. The van der Waals surface area contributed by atoms with E-state index in [-0.39, 0.29) is 17.9 Å². The first-order valence-electron chi connectivity index (χ1n) is 17.7. The Hall–Kier alpha value is -2.34. The molecule has 8 nitrogen and oxygen atoms in total. The van der Waals surface area contributed by atoms with E-state index in [1.807, 2.05) is 50.1 Å². The molecule has 2 aromatic carbocycles. The third-order valence-electron chi connectivity index (χ3n) is 9.98. The average Bonchev–Trinajstić information content (AvgIpc) is 3.26. The molecule has 2 aromatic rings. The quantitative estimate of drug-likeness (QED) is 0.133. The number of likely N-dealkylation sites (N-methyl/N-ethyl adjacent to an activating group) is 1. The number of hydrogen-bond acceptors (Lipinski definition) is 7. The standard InChI is InChI=1S/C38H56ClFN4O4S/c1-7-10-29-21-31(39)12-14-34(29)30-23-44(35-22-33(49(46)41-5)13-15-37(35)48-26-30)18-16-28(8-2)36(47-20-19-43-24-32(40)25-43)11-9-17-42(6)38(3,4)27-45/h9,11-15,21-22,27-28,30,32,36,41H,7-8,10,16-20,23-26H2,1-6H3/b11-9+. The topological polar surface area (TPSA) is 74.3 Å². The number of fused-ring (bicyclic) bond motifs is 1. The Kier molecular flexibility index (Phi) is 15.1. The summed E-state index contributed by atoms with van der Waals surface area (Å²) in [6, 6.07) is 12.0. The van der Waals surface area contributed by atoms with Crippen molar-refractivity contribution in [2.45, 2.75) is 82.0 Å². The van der Waals surface area contributed by atoms with E-state index in [1.165, 1.54) is 11.1 Å². The average molecular weight is 719 g/mol. The first kappa shape index (κ1) is 39.4. The van der Waals surface area contributed by atoms with Crippen molar-refractivity contribution in [3.8, 4) is 5.75 Å². The highest BCUT2D eigenvalue weighted by Crippen LogP contribution is 2.38. The molecule has 0 amide bonds. The van der Waals surface area contributed by atoms with E-state index in [2.05, 4.69) is 52.7 Å². The van der Waals surface area contributed by atoms with Crippen molar-refractivity contribution >= 4 is 34.6 Å². The Labute approximate surface area is 300 Å². The fourth-order valence-electron chi connectivity index (χ4n) is 6.52. The lowest BCUT2D eigenvalue weighted by Crippen LogP contribution is -2.49. The highest BCUT2D eigenvalue weighted by molar-refractivity contribution is 7.83. The van der Waals surface area contributed by atoms with E-state index in [9.17, 15) is 13.4 Å². The summed E-state index contributed by atoms with van der Waals surface area (Å²) in [5.74, 6) is 1.11. The predicted octanol–water partition coefficient (Wildman–Crippen LogP) is 6.44. The molecule has 0 aromatic heterocycles. The first-order valence-corrected chi connectivity index (χ1v) is 19.2. The Bertz CT molecular complexity index is 1420. The van der Waals surface area contributed by atoms with Gasteiger partial charge < -0.3 is 19.2 Å². The van der Waals surface area contributed by atoms with Gasteiger partial charge in [0.25, 0.3) is 0 Å². The summed E-state index contributed by atoms with van der Waals surface area (Å²) >= 11 is 6.44. The lowest BCUT2D eigenvalue weighted by atomic mass is 9.91. The van der Waals surface area contributed by atoms with Gasteiger partial charge in [-0.2, -0.15) is 0 Å². The number of benzene rings is 2. The van der Waals surface area contributed by atoms with Crippen LogP contribution in [0.15, 0.2) is 53.4 Å². The number of nitrogens with zero attached hydrogens (tertiary/aromatic N) is 3. The second-order valence-corrected chi connectivity index (χ2v) is 15.7. The molecule has 1 fully saturated rings. The van der Waals surface area contributed by atoms with Gasteiger partial charge in [-0.1, -0.05) is 56.5 Å². The van der Waals surface area contributed by atoms with Crippen LogP contribution in [0.5, 0.6) is 5.75 Å². The van der Waals surface area contributed by atoms with E-state index in [4.69, 9.17) is 21.1 Å². The molecule has 2 aliphatic heterocycles.